The molecule has 0 spiro atoms. The van der Waals surface area contributed by atoms with Crippen molar-refractivity contribution in [1.29, 1.82) is 0 Å². The highest BCUT2D eigenvalue weighted by Crippen LogP contribution is 2.28. The lowest BCUT2D eigenvalue weighted by Crippen LogP contribution is -2.36. The molecule has 0 atom stereocenters. The van der Waals surface area contributed by atoms with Gasteiger partial charge < -0.3 is 14.0 Å². The molecule has 1 fully saturated rings. The molecule has 0 radical (unpaired) electrons. The van der Waals surface area contributed by atoms with Gasteiger partial charge in [-0.1, -0.05) is 23.7 Å². The first-order valence-electron chi connectivity index (χ1n) is 7.17. The van der Waals surface area contributed by atoms with E-state index in [-0.39, 0.29) is 12.4 Å². The van der Waals surface area contributed by atoms with E-state index in [1.807, 2.05) is 37.4 Å². The predicted octanol–water partition coefficient (Wildman–Crippen LogP) is 3.64. The van der Waals surface area contributed by atoms with Crippen LogP contribution in [0.25, 0.3) is 0 Å². The largest absolute Gasteiger partial charge is 0.346 e. The Morgan fingerprint density at radius 2 is 1.91 bits per heavy atom. The number of hydrogen-bond donors (Lipinski definition) is 0. The fourth-order valence-corrected chi connectivity index (χ4v) is 2.75. The Labute approximate surface area is 141 Å². The molecule has 0 amide bonds. The Morgan fingerprint density at radius 1 is 1.23 bits per heavy atom. The molecule has 22 heavy (non-hydrogen) atoms. The second kappa shape index (κ2) is 7.47. The summed E-state index contributed by atoms with van der Waals surface area (Å²) in [6, 6.07) is 7.93. The van der Waals surface area contributed by atoms with Crippen LogP contribution in [0.15, 0.2) is 36.7 Å². The van der Waals surface area contributed by atoms with Gasteiger partial charge in [0.1, 0.15) is 5.82 Å². The molecular weight excluding hydrogens is 323 g/mol. The minimum Gasteiger partial charge on any atom is -0.346 e. The van der Waals surface area contributed by atoms with Crippen molar-refractivity contribution in [2.45, 2.75) is 32.1 Å². The Bertz CT molecular complexity index is 592. The molecule has 1 aromatic carbocycles. The summed E-state index contributed by atoms with van der Waals surface area (Å²) in [7, 11) is 0. The van der Waals surface area contributed by atoms with Crippen LogP contribution in [0.3, 0.4) is 0 Å². The van der Waals surface area contributed by atoms with Crippen molar-refractivity contribution >= 4 is 24.0 Å². The molecule has 1 saturated heterocycles. The second-order valence-corrected chi connectivity index (χ2v) is 5.77. The van der Waals surface area contributed by atoms with E-state index in [9.17, 15) is 0 Å². The molecule has 120 valence electrons. The van der Waals surface area contributed by atoms with E-state index in [1.54, 1.807) is 6.20 Å². The van der Waals surface area contributed by atoms with Gasteiger partial charge >= 0.3 is 0 Å². The zero-order valence-corrected chi connectivity index (χ0v) is 14.1. The lowest BCUT2D eigenvalue weighted by molar-refractivity contribution is -0.171. The van der Waals surface area contributed by atoms with Crippen molar-refractivity contribution < 1.29 is 9.47 Å². The van der Waals surface area contributed by atoms with Crippen LogP contribution in [0.1, 0.15) is 17.8 Å². The van der Waals surface area contributed by atoms with Crippen LogP contribution in [0.2, 0.25) is 5.02 Å². The van der Waals surface area contributed by atoms with Gasteiger partial charge in [0.2, 0.25) is 0 Å². The summed E-state index contributed by atoms with van der Waals surface area (Å²) in [5, 5.41) is 0.760. The van der Waals surface area contributed by atoms with Crippen LogP contribution in [-0.2, 0) is 22.4 Å². The summed E-state index contributed by atoms with van der Waals surface area (Å²) in [6.45, 7) is 3.96. The Balaban J connectivity index is 0.00000176. The number of imidazole rings is 1. The number of aryl methyl sites for hydroxylation is 2. The number of benzene rings is 1. The molecule has 1 aliphatic rings. The molecule has 6 heteroatoms. The number of ether oxygens (including phenoxy) is 2. The number of rotatable bonds is 5. The molecule has 2 heterocycles. The first-order chi connectivity index (χ1) is 10.2. The highest BCUT2D eigenvalue weighted by Gasteiger charge is 2.36. The van der Waals surface area contributed by atoms with Crippen molar-refractivity contribution in [3.63, 3.8) is 0 Å². The Morgan fingerprint density at radius 3 is 2.50 bits per heavy atom. The molecule has 1 aliphatic heterocycles. The average molecular weight is 343 g/mol. The van der Waals surface area contributed by atoms with Crippen molar-refractivity contribution in [1.82, 2.24) is 9.55 Å². The minimum absolute atomic E-state index is 0. The first kappa shape index (κ1) is 17.3. The fourth-order valence-electron chi connectivity index (χ4n) is 2.63. The third-order valence-corrected chi connectivity index (χ3v) is 4.11. The van der Waals surface area contributed by atoms with Gasteiger partial charge in [0.15, 0.2) is 5.79 Å². The van der Waals surface area contributed by atoms with Crippen molar-refractivity contribution in [3.05, 3.63) is 53.1 Å². The minimum atomic E-state index is -0.550. The lowest BCUT2D eigenvalue weighted by atomic mass is 10.0. The van der Waals surface area contributed by atoms with Crippen LogP contribution in [0.5, 0.6) is 0 Å². The summed E-state index contributed by atoms with van der Waals surface area (Å²) >= 11 is 5.92. The van der Waals surface area contributed by atoms with Crippen LogP contribution >= 0.6 is 24.0 Å². The predicted molar refractivity (Wildman–Crippen MR) is 88.6 cm³/mol. The average Bonchev–Trinajstić information content (AvgIpc) is 3.10. The number of halogens is 2. The maximum absolute atomic E-state index is 5.92. The maximum Gasteiger partial charge on any atom is 0.186 e. The second-order valence-electron chi connectivity index (χ2n) is 5.34. The maximum atomic E-state index is 5.92. The highest BCUT2D eigenvalue weighted by atomic mass is 35.5. The van der Waals surface area contributed by atoms with Gasteiger partial charge in [-0.25, -0.2) is 4.98 Å². The number of aromatic nitrogens is 2. The molecule has 0 bridgehead atoms. The molecule has 4 nitrogen and oxygen atoms in total. The molecule has 3 rings (SSSR count). The molecule has 0 unspecified atom stereocenters. The Hall–Kier alpha value is -1.07. The topological polar surface area (TPSA) is 36.3 Å². The van der Waals surface area contributed by atoms with E-state index in [2.05, 4.69) is 9.55 Å². The van der Waals surface area contributed by atoms with E-state index >= 15 is 0 Å². The van der Waals surface area contributed by atoms with Crippen molar-refractivity contribution in [3.8, 4) is 0 Å². The monoisotopic (exact) mass is 342 g/mol. The van der Waals surface area contributed by atoms with E-state index in [0.29, 0.717) is 19.8 Å². The van der Waals surface area contributed by atoms with Gasteiger partial charge in [0.05, 0.1) is 19.8 Å². The van der Waals surface area contributed by atoms with Gasteiger partial charge in [-0.05, 0) is 31.0 Å². The smallest absolute Gasteiger partial charge is 0.186 e. The van der Waals surface area contributed by atoms with Gasteiger partial charge in [-0.2, -0.15) is 0 Å². The summed E-state index contributed by atoms with van der Waals surface area (Å²) in [5.74, 6) is 0.422. The Kier molecular flexibility index (Phi) is 5.87. The highest BCUT2D eigenvalue weighted by molar-refractivity contribution is 6.30. The van der Waals surface area contributed by atoms with Crippen molar-refractivity contribution in [2.75, 3.05) is 13.2 Å². The summed E-state index contributed by atoms with van der Waals surface area (Å²) in [5.41, 5.74) is 1.24. The third-order valence-electron chi connectivity index (χ3n) is 3.86. The van der Waals surface area contributed by atoms with Crippen LogP contribution < -0.4 is 0 Å². The molecule has 0 saturated carbocycles. The van der Waals surface area contributed by atoms with Crippen LogP contribution in [0.4, 0.5) is 0 Å². The number of nitrogens with zero attached hydrogens (tertiary/aromatic N) is 2. The van der Waals surface area contributed by atoms with E-state index in [4.69, 9.17) is 21.1 Å². The standard InChI is InChI=1S/C16H19ClN2O2.ClH/c1-13-18-8-9-19(13)12-16(20-10-11-21-16)7-6-14-2-4-15(17)5-3-14;/h2-5,8-9H,6-7,10-12H2,1H3;1H. The van der Waals surface area contributed by atoms with Gasteiger partial charge in [-0.15, -0.1) is 12.4 Å². The van der Waals surface area contributed by atoms with E-state index in [0.717, 1.165) is 23.7 Å². The summed E-state index contributed by atoms with van der Waals surface area (Å²) in [6.07, 6.45) is 5.47. The normalized spacial score (nSPS) is 16.5. The zero-order valence-electron chi connectivity index (χ0n) is 12.5. The molecule has 0 aliphatic carbocycles. The molecule has 1 aromatic heterocycles. The summed E-state index contributed by atoms with van der Waals surface area (Å²) in [4.78, 5) is 4.25. The quantitative estimate of drug-likeness (QED) is 0.832. The van der Waals surface area contributed by atoms with Crippen molar-refractivity contribution in [2.24, 2.45) is 0 Å². The summed E-state index contributed by atoms with van der Waals surface area (Å²) < 4.78 is 13.9. The van der Waals surface area contributed by atoms with E-state index in [1.165, 1.54) is 5.56 Å². The molecular formula is C16H20Cl2N2O2. The van der Waals surface area contributed by atoms with Crippen LogP contribution in [-0.4, -0.2) is 28.6 Å². The lowest BCUT2D eigenvalue weighted by Gasteiger charge is -2.28. The van der Waals surface area contributed by atoms with Gasteiger partial charge in [-0.3, -0.25) is 0 Å². The fraction of sp³-hybridized carbons (Fsp3) is 0.438. The van der Waals surface area contributed by atoms with Gasteiger partial charge in [0.25, 0.3) is 0 Å². The zero-order chi connectivity index (χ0) is 14.7. The van der Waals surface area contributed by atoms with E-state index < -0.39 is 5.79 Å². The SMILES string of the molecule is Cc1nccn1CC1(CCc2ccc(Cl)cc2)OCCO1.Cl. The van der Waals surface area contributed by atoms with Crippen LogP contribution in [0, 0.1) is 6.92 Å². The molecule has 0 N–H and O–H groups in total. The first-order valence-corrected chi connectivity index (χ1v) is 7.55. The van der Waals surface area contributed by atoms with Gasteiger partial charge in [0, 0.05) is 23.8 Å². The molecule has 2 aromatic rings. The number of hydrogen-bond acceptors (Lipinski definition) is 3. The third kappa shape index (κ3) is 4.02.